The van der Waals surface area contributed by atoms with Crippen LogP contribution in [0.25, 0.3) is 0 Å². The predicted molar refractivity (Wildman–Crippen MR) is 63.3 cm³/mol. The first kappa shape index (κ1) is 12.2. The fourth-order valence-electron chi connectivity index (χ4n) is 1.52. The zero-order chi connectivity index (χ0) is 13.1. The van der Waals surface area contributed by atoms with E-state index >= 15 is 0 Å². The number of thiazole rings is 1. The molecule has 1 amide bonds. The van der Waals surface area contributed by atoms with Crippen molar-refractivity contribution >= 4 is 23.2 Å². The molecule has 2 rings (SSSR count). The second kappa shape index (κ2) is 4.96. The Morgan fingerprint density at radius 1 is 1.50 bits per heavy atom. The molecule has 1 unspecified atom stereocenters. The van der Waals surface area contributed by atoms with Crippen molar-refractivity contribution < 1.29 is 14.7 Å². The number of nitrogens with zero attached hydrogens (tertiary/aromatic N) is 2. The van der Waals surface area contributed by atoms with Crippen LogP contribution in [0, 0.1) is 0 Å². The van der Waals surface area contributed by atoms with Crippen LogP contribution in [-0.4, -0.2) is 31.9 Å². The minimum atomic E-state index is -1.05. The van der Waals surface area contributed by atoms with E-state index in [2.05, 4.69) is 15.0 Å². The van der Waals surface area contributed by atoms with E-state index in [0.29, 0.717) is 10.8 Å². The summed E-state index contributed by atoms with van der Waals surface area (Å²) in [6, 6.07) is 0. The number of carbonyl (C=O) groups excluding carboxylic acids is 1. The van der Waals surface area contributed by atoms with Crippen molar-refractivity contribution in [2.24, 2.45) is 5.73 Å². The third-order valence-corrected chi connectivity index (χ3v) is 3.39. The van der Waals surface area contributed by atoms with Gasteiger partial charge in [-0.1, -0.05) is 0 Å². The van der Waals surface area contributed by atoms with Crippen LogP contribution in [0.5, 0.6) is 0 Å². The average molecular weight is 266 g/mol. The lowest BCUT2D eigenvalue weighted by Crippen LogP contribution is -2.16. The first-order chi connectivity index (χ1) is 8.58. The smallest absolute Gasteiger partial charge is 0.347 e. The summed E-state index contributed by atoms with van der Waals surface area (Å²) in [5.74, 6) is -1.44. The lowest BCUT2D eigenvalue weighted by molar-refractivity contribution is -0.118. The number of nitrogens with two attached hydrogens (primary N) is 1. The van der Waals surface area contributed by atoms with Gasteiger partial charge in [0.05, 0.1) is 12.1 Å². The largest absolute Gasteiger partial charge is 0.477 e. The Hall–Kier alpha value is -2.22. The molecular formula is C10H10N4O3S. The van der Waals surface area contributed by atoms with Crippen LogP contribution in [-0.2, 0) is 4.79 Å². The molecule has 0 spiro atoms. The van der Waals surface area contributed by atoms with Gasteiger partial charge in [0.15, 0.2) is 0 Å². The molecule has 2 aromatic heterocycles. The van der Waals surface area contributed by atoms with E-state index in [4.69, 9.17) is 10.8 Å². The van der Waals surface area contributed by atoms with E-state index in [9.17, 15) is 9.59 Å². The van der Waals surface area contributed by atoms with E-state index in [1.807, 2.05) is 0 Å². The van der Waals surface area contributed by atoms with Gasteiger partial charge in [-0.05, 0) is 0 Å². The molecule has 0 aliphatic carbocycles. The number of rotatable bonds is 5. The molecule has 8 heteroatoms. The Bertz CT molecular complexity index is 563. The fourth-order valence-corrected chi connectivity index (χ4v) is 2.38. The van der Waals surface area contributed by atoms with Gasteiger partial charge >= 0.3 is 5.97 Å². The van der Waals surface area contributed by atoms with E-state index < -0.39 is 17.8 Å². The van der Waals surface area contributed by atoms with Gasteiger partial charge in [-0.15, -0.1) is 11.3 Å². The maximum Gasteiger partial charge on any atom is 0.347 e. The van der Waals surface area contributed by atoms with Gasteiger partial charge in [0.1, 0.15) is 15.7 Å². The Balaban J connectivity index is 2.33. The fraction of sp³-hybridized carbons (Fsp3) is 0.200. The summed E-state index contributed by atoms with van der Waals surface area (Å²) < 4.78 is 0. The molecule has 0 saturated carbocycles. The third kappa shape index (κ3) is 2.54. The first-order valence-corrected chi connectivity index (χ1v) is 5.86. The topological polar surface area (TPSA) is 122 Å². The van der Waals surface area contributed by atoms with Gasteiger partial charge in [-0.2, -0.15) is 0 Å². The van der Waals surface area contributed by atoms with Gasteiger partial charge in [-0.25, -0.2) is 14.8 Å². The van der Waals surface area contributed by atoms with E-state index in [1.54, 1.807) is 12.4 Å². The van der Waals surface area contributed by atoms with Crippen LogP contribution in [0.4, 0.5) is 0 Å². The Labute approximate surface area is 106 Å². The second-order valence-electron chi connectivity index (χ2n) is 3.57. The Morgan fingerprint density at radius 3 is 2.78 bits per heavy atom. The highest BCUT2D eigenvalue weighted by Crippen LogP contribution is 2.28. The van der Waals surface area contributed by atoms with Gasteiger partial charge in [0.25, 0.3) is 0 Å². The summed E-state index contributed by atoms with van der Waals surface area (Å²) in [6.07, 6.45) is 4.46. The lowest BCUT2D eigenvalue weighted by atomic mass is 10.1. The zero-order valence-corrected chi connectivity index (χ0v) is 9.98. The van der Waals surface area contributed by atoms with Crippen molar-refractivity contribution in [3.8, 4) is 0 Å². The van der Waals surface area contributed by atoms with Gasteiger partial charge < -0.3 is 15.8 Å². The van der Waals surface area contributed by atoms with Crippen LogP contribution in [0.1, 0.15) is 32.8 Å². The normalized spacial score (nSPS) is 12.2. The second-order valence-corrected chi connectivity index (χ2v) is 4.63. The molecule has 4 N–H and O–H groups in total. The number of hydrogen-bond donors (Lipinski definition) is 3. The minimum absolute atomic E-state index is 0.0279. The van der Waals surface area contributed by atoms with E-state index in [-0.39, 0.29) is 11.3 Å². The van der Waals surface area contributed by atoms with Crippen LogP contribution in [0.15, 0.2) is 18.6 Å². The average Bonchev–Trinajstić information content (AvgIpc) is 2.97. The number of nitrogens with one attached hydrogen (secondary N) is 1. The summed E-state index contributed by atoms with van der Waals surface area (Å²) in [6.45, 7) is 0. The van der Waals surface area contributed by atoms with Crippen LogP contribution < -0.4 is 5.73 Å². The molecule has 0 aliphatic heterocycles. The van der Waals surface area contributed by atoms with Gasteiger partial charge in [0.2, 0.25) is 5.91 Å². The number of aromatic carboxylic acids is 1. The summed E-state index contributed by atoms with van der Waals surface area (Å²) >= 11 is 1.01. The lowest BCUT2D eigenvalue weighted by Gasteiger charge is -2.08. The molecule has 1 atom stereocenters. The number of carbonyl (C=O) groups is 2. The van der Waals surface area contributed by atoms with E-state index in [1.165, 1.54) is 6.20 Å². The van der Waals surface area contributed by atoms with Crippen molar-refractivity contribution in [3.05, 3.63) is 34.3 Å². The molecule has 2 heterocycles. The van der Waals surface area contributed by atoms with E-state index in [0.717, 1.165) is 11.3 Å². The number of aromatic nitrogens is 3. The highest BCUT2D eigenvalue weighted by molar-refractivity contribution is 7.13. The van der Waals surface area contributed by atoms with Crippen molar-refractivity contribution in [3.63, 3.8) is 0 Å². The molecule has 0 aliphatic rings. The summed E-state index contributed by atoms with van der Waals surface area (Å²) in [5.41, 5.74) is 5.18. The SMILES string of the molecule is NC(=O)CC(c1ncc[nH]1)c1ncc(C(=O)O)s1. The molecule has 18 heavy (non-hydrogen) atoms. The monoisotopic (exact) mass is 266 g/mol. The number of H-pyrrole nitrogens is 1. The number of carboxylic acid groups (broad SMARTS) is 1. The van der Waals surface area contributed by atoms with Gasteiger partial charge in [0, 0.05) is 18.8 Å². The maximum atomic E-state index is 11.1. The summed E-state index contributed by atoms with van der Waals surface area (Å²) in [7, 11) is 0. The quantitative estimate of drug-likeness (QED) is 0.730. The standard InChI is InChI=1S/C10H10N4O3S/c11-7(15)3-5(8-12-1-2-13-8)9-14-4-6(18-9)10(16)17/h1-2,4-5H,3H2,(H2,11,15)(H,12,13)(H,16,17). The Morgan fingerprint density at radius 2 is 2.28 bits per heavy atom. The van der Waals surface area contributed by atoms with Crippen molar-refractivity contribution in [2.45, 2.75) is 12.3 Å². The van der Waals surface area contributed by atoms with Crippen molar-refractivity contribution in [2.75, 3.05) is 0 Å². The number of imidazole rings is 1. The molecule has 0 aromatic carbocycles. The molecule has 0 bridgehead atoms. The predicted octanol–water partition coefficient (Wildman–Crippen LogP) is 0.572. The number of primary amides is 1. The molecule has 0 radical (unpaired) electrons. The van der Waals surface area contributed by atoms with Crippen molar-refractivity contribution in [1.29, 1.82) is 0 Å². The number of hydrogen-bond acceptors (Lipinski definition) is 5. The number of carboxylic acids is 1. The third-order valence-electron chi connectivity index (χ3n) is 2.29. The first-order valence-electron chi connectivity index (χ1n) is 5.04. The number of amides is 1. The molecule has 2 aromatic rings. The maximum absolute atomic E-state index is 11.1. The van der Waals surface area contributed by atoms with Crippen molar-refractivity contribution in [1.82, 2.24) is 15.0 Å². The van der Waals surface area contributed by atoms with Crippen LogP contribution in [0.2, 0.25) is 0 Å². The minimum Gasteiger partial charge on any atom is -0.477 e. The zero-order valence-electron chi connectivity index (χ0n) is 9.16. The highest BCUT2D eigenvalue weighted by Gasteiger charge is 2.23. The Kier molecular flexibility index (Phi) is 3.38. The highest BCUT2D eigenvalue weighted by atomic mass is 32.1. The van der Waals surface area contributed by atoms with Gasteiger partial charge in [-0.3, -0.25) is 4.79 Å². The van der Waals surface area contributed by atoms with Crippen LogP contribution >= 0.6 is 11.3 Å². The molecular weight excluding hydrogens is 256 g/mol. The molecule has 0 saturated heterocycles. The number of aromatic amines is 1. The summed E-state index contributed by atoms with van der Waals surface area (Å²) in [4.78, 5) is 32.9. The molecule has 0 fully saturated rings. The summed E-state index contributed by atoms with van der Waals surface area (Å²) in [5, 5.41) is 9.35. The molecule has 94 valence electrons. The molecule has 7 nitrogen and oxygen atoms in total. The van der Waals surface area contributed by atoms with Crippen LogP contribution in [0.3, 0.4) is 0 Å².